The zero-order valence-corrected chi connectivity index (χ0v) is 13.0. The number of carbonyl (C=O) groups excluding carboxylic acids is 1. The Hall–Kier alpha value is -1.40. The number of hydrogen-bond donors (Lipinski definition) is 2. The molecule has 0 aromatic heterocycles. The molecule has 0 aliphatic heterocycles. The molecule has 3 N–H and O–H groups in total. The Morgan fingerprint density at radius 1 is 1.29 bits per heavy atom. The first-order valence-corrected chi connectivity index (χ1v) is 6.42. The molecule has 3 unspecified atom stereocenters. The van der Waals surface area contributed by atoms with Crippen LogP contribution in [0.25, 0.3) is 0 Å². The van der Waals surface area contributed by atoms with Crippen LogP contribution in [0.1, 0.15) is 32.4 Å². The molecule has 0 aliphatic carbocycles. The van der Waals surface area contributed by atoms with Crippen LogP contribution in [0.3, 0.4) is 0 Å². The topological polar surface area (TPSA) is 64.4 Å². The molecule has 1 amide bonds. The number of carbonyl (C=O) groups is 1. The zero-order valence-electron chi connectivity index (χ0n) is 12.2. The highest BCUT2D eigenvalue weighted by Crippen LogP contribution is 2.21. The van der Waals surface area contributed by atoms with E-state index >= 15 is 0 Å². The Morgan fingerprint density at radius 3 is 2.43 bits per heavy atom. The van der Waals surface area contributed by atoms with Crippen molar-refractivity contribution < 1.29 is 18.3 Å². The summed E-state index contributed by atoms with van der Waals surface area (Å²) in [5.74, 6) is -0.426. The first-order chi connectivity index (χ1) is 9.31. The standard InChI is InChI=1S/C14H20F2N2O2.ClH/c1-8(9(2)17)13(19)18-10(3)11-5-4-6-12(7-11)20-14(15)16;/h4-10,14H,17H2,1-3H3,(H,18,19);1H. The summed E-state index contributed by atoms with van der Waals surface area (Å²) >= 11 is 0. The van der Waals surface area contributed by atoms with Gasteiger partial charge < -0.3 is 15.8 Å². The fraction of sp³-hybridized carbons (Fsp3) is 0.500. The summed E-state index contributed by atoms with van der Waals surface area (Å²) in [5, 5.41) is 2.80. The van der Waals surface area contributed by atoms with E-state index in [2.05, 4.69) is 10.1 Å². The molecule has 0 bridgehead atoms. The van der Waals surface area contributed by atoms with E-state index in [4.69, 9.17) is 5.73 Å². The zero-order chi connectivity index (χ0) is 15.3. The van der Waals surface area contributed by atoms with Crippen molar-refractivity contribution in [2.45, 2.75) is 39.5 Å². The normalized spacial score (nSPS) is 14.8. The van der Waals surface area contributed by atoms with Crippen LogP contribution in [0.5, 0.6) is 5.75 Å². The van der Waals surface area contributed by atoms with Crippen LogP contribution >= 0.6 is 12.4 Å². The quantitative estimate of drug-likeness (QED) is 0.846. The smallest absolute Gasteiger partial charge is 0.387 e. The summed E-state index contributed by atoms with van der Waals surface area (Å²) in [5.41, 5.74) is 6.35. The van der Waals surface area contributed by atoms with E-state index in [-0.39, 0.29) is 42.1 Å². The summed E-state index contributed by atoms with van der Waals surface area (Å²) in [4.78, 5) is 11.9. The molecule has 0 saturated heterocycles. The highest BCUT2D eigenvalue weighted by molar-refractivity contribution is 5.85. The fourth-order valence-corrected chi connectivity index (χ4v) is 1.63. The SMILES string of the molecule is CC(NC(=O)C(C)C(C)N)c1cccc(OC(F)F)c1.Cl. The number of halogens is 3. The van der Waals surface area contributed by atoms with Gasteiger partial charge in [-0.2, -0.15) is 8.78 Å². The lowest BCUT2D eigenvalue weighted by molar-refractivity contribution is -0.125. The molecule has 7 heteroatoms. The van der Waals surface area contributed by atoms with Gasteiger partial charge in [-0.15, -0.1) is 12.4 Å². The van der Waals surface area contributed by atoms with Gasteiger partial charge in [-0.05, 0) is 31.5 Å². The number of nitrogens with two attached hydrogens (primary N) is 1. The first-order valence-electron chi connectivity index (χ1n) is 6.42. The lowest BCUT2D eigenvalue weighted by Gasteiger charge is -2.20. The number of rotatable bonds is 6. The average Bonchev–Trinajstić information content (AvgIpc) is 2.37. The summed E-state index contributed by atoms with van der Waals surface area (Å²) in [6.07, 6.45) is 0. The maximum absolute atomic E-state index is 12.2. The molecule has 4 nitrogen and oxygen atoms in total. The maximum Gasteiger partial charge on any atom is 0.387 e. The number of nitrogens with one attached hydrogen (secondary N) is 1. The molecule has 0 aliphatic rings. The Bertz CT molecular complexity index is 458. The summed E-state index contributed by atoms with van der Waals surface area (Å²) in [6.45, 7) is 2.40. The third-order valence-electron chi connectivity index (χ3n) is 3.14. The molecule has 120 valence electrons. The highest BCUT2D eigenvalue weighted by Gasteiger charge is 2.19. The van der Waals surface area contributed by atoms with Crippen LogP contribution in [-0.4, -0.2) is 18.6 Å². The van der Waals surface area contributed by atoms with E-state index in [0.29, 0.717) is 5.56 Å². The molecular formula is C14H21ClF2N2O2. The number of alkyl halides is 2. The van der Waals surface area contributed by atoms with Crippen molar-refractivity contribution in [2.24, 2.45) is 11.7 Å². The molecule has 0 spiro atoms. The molecule has 0 saturated carbocycles. The largest absolute Gasteiger partial charge is 0.435 e. The van der Waals surface area contributed by atoms with Gasteiger partial charge >= 0.3 is 6.61 Å². The third-order valence-corrected chi connectivity index (χ3v) is 3.14. The van der Waals surface area contributed by atoms with Crippen LogP contribution in [-0.2, 0) is 4.79 Å². The van der Waals surface area contributed by atoms with Crippen molar-refractivity contribution in [1.29, 1.82) is 0 Å². The minimum absolute atomic E-state index is 0. The van der Waals surface area contributed by atoms with Crippen LogP contribution in [0.2, 0.25) is 0 Å². The van der Waals surface area contributed by atoms with Crippen LogP contribution in [0.15, 0.2) is 24.3 Å². The van der Waals surface area contributed by atoms with Gasteiger partial charge in [0.1, 0.15) is 5.75 Å². The predicted octanol–water partition coefficient (Wildman–Crippen LogP) is 2.87. The first kappa shape index (κ1) is 19.6. The summed E-state index contributed by atoms with van der Waals surface area (Å²) in [7, 11) is 0. The monoisotopic (exact) mass is 322 g/mol. The average molecular weight is 323 g/mol. The van der Waals surface area contributed by atoms with Crippen molar-refractivity contribution in [3.05, 3.63) is 29.8 Å². The molecule has 21 heavy (non-hydrogen) atoms. The van der Waals surface area contributed by atoms with E-state index < -0.39 is 6.61 Å². The second kappa shape index (κ2) is 8.79. The second-order valence-electron chi connectivity index (χ2n) is 4.83. The predicted molar refractivity (Wildman–Crippen MR) is 79.7 cm³/mol. The molecule has 1 rings (SSSR count). The Morgan fingerprint density at radius 2 is 1.90 bits per heavy atom. The van der Waals surface area contributed by atoms with Gasteiger partial charge in [-0.1, -0.05) is 19.1 Å². The highest BCUT2D eigenvalue weighted by atomic mass is 35.5. The van der Waals surface area contributed by atoms with Gasteiger partial charge in [0.2, 0.25) is 5.91 Å². The fourth-order valence-electron chi connectivity index (χ4n) is 1.63. The summed E-state index contributed by atoms with van der Waals surface area (Å²) < 4.78 is 28.6. The lowest BCUT2D eigenvalue weighted by Crippen LogP contribution is -2.39. The van der Waals surface area contributed by atoms with Crippen molar-refractivity contribution in [2.75, 3.05) is 0 Å². The molecule has 1 aromatic carbocycles. The third kappa shape index (κ3) is 6.27. The minimum atomic E-state index is -2.87. The van der Waals surface area contributed by atoms with E-state index in [1.165, 1.54) is 12.1 Å². The molecule has 3 atom stereocenters. The Balaban J connectivity index is 0.00000400. The number of ether oxygens (including phenoxy) is 1. The van der Waals surface area contributed by atoms with Gasteiger partial charge in [0.05, 0.1) is 6.04 Å². The molecule has 1 aromatic rings. The Kier molecular flexibility index (Phi) is 8.21. The number of amides is 1. The van der Waals surface area contributed by atoms with E-state index in [1.807, 2.05) is 0 Å². The van der Waals surface area contributed by atoms with Crippen molar-refractivity contribution >= 4 is 18.3 Å². The minimum Gasteiger partial charge on any atom is -0.435 e. The molecule has 0 heterocycles. The van der Waals surface area contributed by atoms with Crippen molar-refractivity contribution in [3.63, 3.8) is 0 Å². The molecular weight excluding hydrogens is 302 g/mol. The van der Waals surface area contributed by atoms with Crippen LogP contribution < -0.4 is 15.8 Å². The van der Waals surface area contributed by atoms with Crippen LogP contribution in [0.4, 0.5) is 8.78 Å². The lowest BCUT2D eigenvalue weighted by atomic mass is 10.0. The second-order valence-corrected chi connectivity index (χ2v) is 4.83. The van der Waals surface area contributed by atoms with Gasteiger partial charge in [0.15, 0.2) is 0 Å². The Labute approximate surface area is 129 Å². The molecule has 0 radical (unpaired) electrons. The van der Waals surface area contributed by atoms with Crippen molar-refractivity contribution in [3.8, 4) is 5.75 Å². The maximum atomic E-state index is 12.2. The summed E-state index contributed by atoms with van der Waals surface area (Å²) in [6, 6.07) is 5.69. The molecule has 0 fully saturated rings. The van der Waals surface area contributed by atoms with E-state index in [9.17, 15) is 13.6 Å². The van der Waals surface area contributed by atoms with Gasteiger partial charge in [0.25, 0.3) is 0 Å². The van der Waals surface area contributed by atoms with Gasteiger partial charge in [-0.25, -0.2) is 0 Å². The van der Waals surface area contributed by atoms with Gasteiger partial charge in [-0.3, -0.25) is 4.79 Å². The van der Waals surface area contributed by atoms with Crippen LogP contribution in [0, 0.1) is 5.92 Å². The van der Waals surface area contributed by atoms with E-state index in [1.54, 1.807) is 32.9 Å². The van der Waals surface area contributed by atoms with E-state index in [0.717, 1.165) is 0 Å². The number of hydrogen-bond acceptors (Lipinski definition) is 3. The van der Waals surface area contributed by atoms with Gasteiger partial charge in [0, 0.05) is 12.0 Å². The van der Waals surface area contributed by atoms with Crippen molar-refractivity contribution in [1.82, 2.24) is 5.32 Å². The number of benzene rings is 1.